The van der Waals surface area contributed by atoms with Crippen LogP contribution < -0.4 is 10.6 Å². The molecule has 0 fully saturated rings. The molecule has 0 unspecified atom stereocenters. The molecule has 0 aliphatic heterocycles. The molecular formula is C20H32N2O2. The molecule has 0 saturated heterocycles. The van der Waals surface area contributed by atoms with Gasteiger partial charge in [0.1, 0.15) is 6.04 Å². The van der Waals surface area contributed by atoms with Crippen LogP contribution in [0.4, 0.5) is 0 Å². The van der Waals surface area contributed by atoms with Gasteiger partial charge in [0.15, 0.2) is 0 Å². The number of benzene rings is 1. The summed E-state index contributed by atoms with van der Waals surface area (Å²) >= 11 is 0. The zero-order chi connectivity index (χ0) is 18.3. The first-order valence-electron chi connectivity index (χ1n) is 8.86. The smallest absolute Gasteiger partial charge is 0.251 e. The summed E-state index contributed by atoms with van der Waals surface area (Å²) in [5, 5.41) is 5.76. The molecule has 0 saturated carbocycles. The first-order valence-corrected chi connectivity index (χ1v) is 8.86. The van der Waals surface area contributed by atoms with Crippen molar-refractivity contribution in [2.45, 2.75) is 65.8 Å². The van der Waals surface area contributed by atoms with Crippen molar-refractivity contribution in [1.82, 2.24) is 10.6 Å². The Labute approximate surface area is 146 Å². The molecule has 0 radical (unpaired) electrons. The minimum atomic E-state index is -0.517. The fourth-order valence-electron chi connectivity index (χ4n) is 2.38. The van der Waals surface area contributed by atoms with E-state index in [1.54, 1.807) is 0 Å². The van der Waals surface area contributed by atoms with Crippen LogP contribution in [0.15, 0.2) is 24.3 Å². The third kappa shape index (κ3) is 5.99. The van der Waals surface area contributed by atoms with E-state index in [0.717, 1.165) is 12.8 Å². The Bertz CT molecular complexity index is 542. The SMILES string of the molecule is CCCCNC(=O)[C@@H](NC(=O)c1ccc(C(C)(C)C)cc1)C(C)C. The Kier molecular flexibility index (Phi) is 7.46. The lowest BCUT2D eigenvalue weighted by Gasteiger charge is -2.22. The largest absolute Gasteiger partial charge is 0.354 e. The van der Waals surface area contributed by atoms with Crippen LogP contribution >= 0.6 is 0 Å². The molecule has 134 valence electrons. The standard InChI is InChI=1S/C20H32N2O2/c1-7-8-13-21-19(24)17(14(2)3)22-18(23)15-9-11-16(12-10-15)20(4,5)6/h9-12,14,17H,7-8,13H2,1-6H3,(H,21,24)(H,22,23)/t17-/m0/s1. The highest BCUT2D eigenvalue weighted by Crippen LogP contribution is 2.22. The van der Waals surface area contributed by atoms with Crippen LogP contribution in [0.5, 0.6) is 0 Å². The summed E-state index contributed by atoms with van der Waals surface area (Å²) in [6.45, 7) is 13.0. The van der Waals surface area contributed by atoms with Gasteiger partial charge in [0.25, 0.3) is 5.91 Å². The highest BCUT2D eigenvalue weighted by atomic mass is 16.2. The molecule has 1 aromatic carbocycles. The van der Waals surface area contributed by atoms with Crippen molar-refractivity contribution in [2.24, 2.45) is 5.92 Å². The monoisotopic (exact) mass is 332 g/mol. The van der Waals surface area contributed by atoms with E-state index in [1.165, 1.54) is 5.56 Å². The second kappa shape index (κ2) is 8.86. The Morgan fingerprint density at radius 2 is 1.67 bits per heavy atom. The normalized spacial score (nSPS) is 12.8. The van der Waals surface area contributed by atoms with Gasteiger partial charge in [-0.1, -0.05) is 60.1 Å². The lowest BCUT2D eigenvalue weighted by Crippen LogP contribution is -2.49. The van der Waals surface area contributed by atoms with Crippen LogP contribution in [0.3, 0.4) is 0 Å². The van der Waals surface area contributed by atoms with E-state index < -0.39 is 6.04 Å². The lowest BCUT2D eigenvalue weighted by atomic mass is 9.86. The predicted molar refractivity (Wildman–Crippen MR) is 99.2 cm³/mol. The van der Waals surface area contributed by atoms with Crippen molar-refractivity contribution in [1.29, 1.82) is 0 Å². The zero-order valence-electron chi connectivity index (χ0n) is 15.9. The quantitative estimate of drug-likeness (QED) is 0.749. The Balaban J connectivity index is 2.76. The first-order chi connectivity index (χ1) is 11.2. The fourth-order valence-corrected chi connectivity index (χ4v) is 2.38. The van der Waals surface area contributed by atoms with Gasteiger partial charge in [-0.2, -0.15) is 0 Å². The Morgan fingerprint density at radius 3 is 2.12 bits per heavy atom. The summed E-state index contributed by atoms with van der Waals surface area (Å²) in [6.07, 6.45) is 1.97. The van der Waals surface area contributed by atoms with Gasteiger partial charge in [-0.15, -0.1) is 0 Å². The van der Waals surface area contributed by atoms with Crippen molar-refractivity contribution < 1.29 is 9.59 Å². The number of nitrogens with one attached hydrogen (secondary N) is 2. The highest BCUT2D eigenvalue weighted by Gasteiger charge is 2.24. The average molecular weight is 332 g/mol. The molecule has 4 heteroatoms. The molecular weight excluding hydrogens is 300 g/mol. The minimum Gasteiger partial charge on any atom is -0.354 e. The van der Waals surface area contributed by atoms with Crippen LogP contribution in [0.1, 0.15) is 70.3 Å². The van der Waals surface area contributed by atoms with Crippen molar-refractivity contribution in [2.75, 3.05) is 6.54 Å². The number of carbonyl (C=O) groups is 2. The second-order valence-corrected chi connectivity index (χ2v) is 7.67. The minimum absolute atomic E-state index is 0.0319. The van der Waals surface area contributed by atoms with Gasteiger partial charge < -0.3 is 10.6 Å². The molecule has 1 rings (SSSR count). The number of carbonyl (C=O) groups excluding carboxylic acids is 2. The number of unbranched alkanes of at least 4 members (excludes halogenated alkanes) is 1. The average Bonchev–Trinajstić information content (AvgIpc) is 2.51. The van der Waals surface area contributed by atoms with Crippen LogP contribution in [0.2, 0.25) is 0 Å². The molecule has 0 spiro atoms. The number of amides is 2. The molecule has 0 aliphatic carbocycles. The highest BCUT2D eigenvalue weighted by molar-refractivity contribution is 5.97. The summed E-state index contributed by atoms with van der Waals surface area (Å²) < 4.78 is 0. The maximum atomic E-state index is 12.5. The van der Waals surface area contributed by atoms with Crippen molar-refractivity contribution >= 4 is 11.8 Å². The summed E-state index contributed by atoms with van der Waals surface area (Å²) in [5.41, 5.74) is 1.81. The van der Waals surface area contributed by atoms with Crippen LogP contribution in [-0.2, 0) is 10.2 Å². The molecule has 1 atom stereocenters. The molecule has 0 heterocycles. The van der Waals surface area contributed by atoms with Gasteiger partial charge >= 0.3 is 0 Å². The first kappa shape index (κ1) is 20.2. The molecule has 1 aromatic rings. The maximum Gasteiger partial charge on any atom is 0.251 e. The third-order valence-corrected chi connectivity index (χ3v) is 4.08. The fraction of sp³-hybridized carbons (Fsp3) is 0.600. The Hall–Kier alpha value is -1.84. The summed E-state index contributed by atoms with van der Waals surface area (Å²) in [6, 6.07) is 7.07. The summed E-state index contributed by atoms with van der Waals surface area (Å²) in [4.78, 5) is 24.7. The zero-order valence-corrected chi connectivity index (χ0v) is 15.9. The molecule has 0 bridgehead atoms. The van der Waals surface area contributed by atoms with E-state index in [4.69, 9.17) is 0 Å². The van der Waals surface area contributed by atoms with Gasteiger partial charge in [-0.05, 0) is 35.4 Å². The van der Waals surface area contributed by atoms with E-state index in [1.807, 2.05) is 38.1 Å². The summed E-state index contributed by atoms with van der Waals surface area (Å²) in [7, 11) is 0. The van der Waals surface area contributed by atoms with E-state index in [9.17, 15) is 9.59 Å². The van der Waals surface area contributed by atoms with Crippen molar-refractivity contribution in [3.05, 3.63) is 35.4 Å². The van der Waals surface area contributed by atoms with Crippen LogP contribution in [0.25, 0.3) is 0 Å². The number of hydrogen-bond acceptors (Lipinski definition) is 2. The predicted octanol–water partition coefficient (Wildman–Crippen LogP) is 3.65. The van der Waals surface area contributed by atoms with Gasteiger partial charge in [0.05, 0.1) is 0 Å². The molecule has 0 aliphatic rings. The van der Waals surface area contributed by atoms with Gasteiger partial charge in [0, 0.05) is 12.1 Å². The van der Waals surface area contributed by atoms with Crippen LogP contribution in [0, 0.1) is 5.92 Å². The van der Waals surface area contributed by atoms with E-state index in [0.29, 0.717) is 12.1 Å². The van der Waals surface area contributed by atoms with Gasteiger partial charge in [-0.3, -0.25) is 9.59 Å². The molecule has 2 amide bonds. The lowest BCUT2D eigenvalue weighted by molar-refractivity contribution is -0.123. The van der Waals surface area contributed by atoms with E-state index in [-0.39, 0.29) is 23.1 Å². The van der Waals surface area contributed by atoms with Gasteiger partial charge in [0.2, 0.25) is 5.91 Å². The topological polar surface area (TPSA) is 58.2 Å². The van der Waals surface area contributed by atoms with E-state index >= 15 is 0 Å². The number of rotatable bonds is 7. The molecule has 2 N–H and O–H groups in total. The number of hydrogen-bond donors (Lipinski definition) is 2. The molecule has 24 heavy (non-hydrogen) atoms. The van der Waals surface area contributed by atoms with Crippen molar-refractivity contribution in [3.63, 3.8) is 0 Å². The Morgan fingerprint density at radius 1 is 1.08 bits per heavy atom. The molecule has 4 nitrogen and oxygen atoms in total. The van der Waals surface area contributed by atoms with Crippen molar-refractivity contribution in [3.8, 4) is 0 Å². The van der Waals surface area contributed by atoms with E-state index in [2.05, 4.69) is 38.3 Å². The maximum absolute atomic E-state index is 12.5. The van der Waals surface area contributed by atoms with Gasteiger partial charge in [-0.25, -0.2) is 0 Å². The second-order valence-electron chi connectivity index (χ2n) is 7.67. The summed E-state index contributed by atoms with van der Waals surface area (Å²) in [5.74, 6) is -0.290. The third-order valence-electron chi connectivity index (χ3n) is 4.08. The van der Waals surface area contributed by atoms with Crippen LogP contribution in [-0.4, -0.2) is 24.4 Å². The molecule has 0 aromatic heterocycles.